The highest BCUT2D eigenvalue weighted by Gasteiger charge is 2.31. The molecule has 11 aromatic heterocycles. The molecule has 4 aromatic carbocycles. The minimum Gasteiger partial charge on any atom is -0.389 e. The number of hydrogen-bond donors (Lipinski definition) is 9. The molecule has 11 N–H and O–H groups in total. The van der Waals surface area contributed by atoms with Gasteiger partial charge in [-0.15, -0.1) is 15.0 Å². The van der Waals surface area contributed by atoms with E-state index < -0.39 is 5.91 Å². The molecule has 19 rings (SSSR count). The van der Waals surface area contributed by atoms with E-state index in [1.165, 1.54) is 59.2 Å². The van der Waals surface area contributed by atoms with E-state index in [4.69, 9.17) is 76.0 Å². The normalized spacial score (nSPS) is 15.8. The molecule has 126 heavy (non-hydrogen) atoms. The van der Waals surface area contributed by atoms with E-state index in [0.717, 1.165) is 192 Å². The Hall–Kier alpha value is -13.5. The third-order valence-electron chi connectivity index (χ3n) is 20.6. The SMILES string of the molecule is C.Cc1cc(N)sn1.Cc1cc(Nc2nc(N3CCCC(c4ncc(-c5ccccc5)[nH]4)C3)cnc2C(N)=O)sn1.[C-]#[N+]c1ncc(Cl)nc1Cl.[C-]#[N+]c1ncc(N2CCCC(c3ncc(-c4ccccc4)[nH]3)C2)nc1Cl.[C-]#[N+]c1ncc(N2CCCC(c3ncc(-c4ccccc4)[nH]3)C2)nc1Nc1cc(C)ns1.c1ccc(-c2cnc(C3CCCNC3)[nH]2)cc1. The van der Waals surface area contributed by atoms with Crippen LogP contribution in [0.5, 0.6) is 0 Å². The summed E-state index contributed by atoms with van der Waals surface area (Å²) in [7, 11) is 0. The van der Waals surface area contributed by atoms with E-state index >= 15 is 0 Å². The lowest BCUT2D eigenvalue weighted by Crippen LogP contribution is -2.35. The lowest BCUT2D eigenvalue weighted by molar-refractivity contribution is 0.0996. The van der Waals surface area contributed by atoms with Crippen molar-refractivity contribution in [2.24, 2.45) is 5.73 Å². The van der Waals surface area contributed by atoms with E-state index in [1.54, 1.807) is 18.6 Å². The number of aromatic amines is 4. The molecule has 37 heteroatoms. The van der Waals surface area contributed by atoms with Gasteiger partial charge < -0.3 is 76.6 Å². The highest BCUT2D eigenvalue weighted by molar-refractivity contribution is 7.10. The predicted molar refractivity (Wildman–Crippen MR) is 502 cm³/mol. The highest BCUT2D eigenvalue weighted by atomic mass is 35.5. The second-order valence-corrected chi connectivity index (χ2v) is 33.1. The van der Waals surface area contributed by atoms with Crippen molar-refractivity contribution < 1.29 is 4.79 Å². The van der Waals surface area contributed by atoms with Crippen LogP contribution >= 0.6 is 69.4 Å². The van der Waals surface area contributed by atoms with Crippen LogP contribution in [0.4, 0.5) is 61.5 Å². The van der Waals surface area contributed by atoms with E-state index in [9.17, 15) is 4.79 Å². The molecule has 4 aliphatic heterocycles. The van der Waals surface area contributed by atoms with Crippen molar-refractivity contribution in [2.75, 3.05) is 83.4 Å². The number of nitrogens with one attached hydrogen (secondary N) is 7. The standard InChI is InChI=1S/C23H24N8OS.C23H22N8S.C19H17ClN6.C14H17N3.C5HCl2N3.C4H6N2S.CH4/c1-14-10-19(33-30-14)29-23-20(21(24)32)25-12-18(28-23)31-9-5-8-16(13-31)22-26-11-17(27-22)15-6-3-2-4-7-15;1-15-11-20(32-30-15)29-23-22(24-2)26-13-19(28-23)31-10-6-9-17(14-31)21-25-12-18(27-21)16-7-4-3-5-8-16;1-21-19-17(20)25-16(11-23-19)26-9-5-8-14(12-26)18-22-10-15(24-18)13-6-3-2-4-7-13;1-2-5-11(6-3-1)13-10-16-14(17-13)12-7-4-8-15-9-12;1-8-5-4(7)10-3(6)2-9-5;1-3-2-4(5)7-6-3;/h2-4,6-7,10-12,16H,5,8-9,13H2,1H3,(H2,24,32)(H,26,27)(H,28,29);3-5,7-8,11-13,17H,6,9-10,14H2,1H3,(H,25,27)(H,28,29);2-4,6-7,10-11,14H,5,8-9,12H2,(H,22,24);1-3,5-6,10,12,15H,4,7-9H2,(H,16,17);2H;2H,5H2,1H3;1H4. The molecule has 4 atom stereocenters. The molecule has 31 nitrogen and oxygen atoms in total. The van der Waals surface area contributed by atoms with Crippen LogP contribution < -0.4 is 42.1 Å². The van der Waals surface area contributed by atoms with Gasteiger partial charge in [-0.25, -0.2) is 44.9 Å². The second kappa shape index (κ2) is 44.2. The molecule has 0 saturated carbocycles. The van der Waals surface area contributed by atoms with Crippen molar-refractivity contribution in [3.05, 3.63) is 285 Å². The second-order valence-electron chi connectivity index (χ2n) is 29.6. The summed E-state index contributed by atoms with van der Waals surface area (Å²) in [6, 6.07) is 46.6. The summed E-state index contributed by atoms with van der Waals surface area (Å²) in [6.07, 6.45) is 22.6. The third kappa shape index (κ3) is 24.3. The number of nitrogens with two attached hydrogens (primary N) is 2. The molecule has 4 saturated heterocycles. The van der Waals surface area contributed by atoms with Gasteiger partial charge in [0.15, 0.2) is 63.0 Å². The molecule has 0 spiro atoms. The van der Waals surface area contributed by atoms with Gasteiger partial charge in [0.25, 0.3) is 5.91 Å². The Bertz CT molecular complexity index is 6160. The first-order valence-corrected chi connectivity index (χ1v) is 43.7. The van der Waals surface area contributed by atoms with Crippen LogP contribution in [0.1, 0.15) is 133 Å². The van der Waals surface area contributed by atoms with Crippen molar-refractivity contribution in [3.8, 4) is 45.0 Å². The number of rotatable bonds is 16. The Morgan fingerprint density at radius 2 is 0.810 bits per heavy atom. The quantitative estimate of drug-likeness (QED) is 0.0406. The maximum Gasteiger partial charge on any atom is 0.312 e. The van der Waals surface area contributed by atoms with Gasteiger partial charge in [0, 0.05) is 69.5 Å². The first-order chi connectivity index (χ1) is 61.0. The lowest BCUT2D eigenvalue weighted by Gasteiger charge is -2.32. The summed E-state index contributed by atoms with van der Waals surface area (Å²) in [5, 5.41) is 12.6. The van der Waals surface area contributed by atoms with Gasteiger partial charge >= 0.3 is 17.5 Å². The van der Waals surface area contributed by atoms with Crippen molar-refractivity contribution in [2.45, 2.75) is 103 Å². The molecule has 15 aromatic rings. The number of halogens is 3. The van der Waals surface area contributed by atoms with Crippen LogP contribution in [0, 0.1) is 40.5 Å². The van der Waals surface area contributed by atoms with Crippen molar-refractivity contribution in [1.29, 1.82) is 0 Å². The smallest absolute Gasteiger partial charge is 0.312 e. The van der Waals surface area contributed by atoms with E-state index in [0.29, 0.717) is 35.1 Å². The molecular weight excluding hydrogens is 1710 g/mol. The van der Waals surface area contributed by atoms with Gasteiger partial charge in [-0.1, -0.05) is 183 Å². The topological polar surface area (TPSA) is 385 Å². The summed E-state index contributed by atoms with van der Waals surface area (Å²) in [5.74, 6) is 8.27. The van der Waals surface area contributed by atoms with Gasteiger partial charge in [-0.05, 0) is 154 Å². The molecule has 0 aliphatic carbocycles. The number of carbonyl (C=O) groups is 1. The molecule has 0 radical (unpaired) electrons. The van der Waals surface area contributed by atoms with Gasteiger partial charge in [0.05, 0.1) is 70.8 Å². The van der Waals surface area contributed by atoms with Crippen LogP contribution in [0.25, 0.3) is 59.6 Å². The van der Waals surface area contributed by atoms with E-state index in [-0.39, 0.29) is 57.9 Å². The van der Waals surface area contributed by atoms with E-state index in [1.807, 2.05) is 124 Å². The Morgan fingerprint density at radius 1 is 0.444 bits per heavy atom. The Labute approximate surface area is 756 Å². The zero-order chi connectivity index (χ0) is 87.0. The van der Waals surface area contributed by atoms with Gasteiger partial charge in [-0.3, -0.25) is 4.79 Å². The molecular formula is C89H91Cl3N30OS3. The number of aromatic nitrogens is 19. The van der Waals surface area contributed by atoms with Crippen molar-refractivity contribution in [3.63, 3.8) is 0 Å². The Kier molecular flexibility index (Phi) is 31.7. The lowest BCUT2D eigenvalue weighted by atomic mass is 9.97. The van der Waals surface area contributed by atoms with Gasteiger partial charge in [0.1, 0.15) is 44.1 Å². The van der Waals surface area contributed by atoms with Crippen LogP contribution in [-0.2, 0) is 0 Å². The highest BCUT2D eigenvalue weighted by Crippen LogP contribution is 2.37. The molecule has 15 heterocycles. The monoisotopic (exact) mass is 1800 g/mol. The van der Waals surface area contributed by atoms with Crippen LogP contribution in [0.2, 0.25) is 15.5 Å². The number of piperidine rings is 4. The number of aryl methyl sites for hydroxylation is 3. The number of H-pyrrole nitrogens is 4. The number of nitrogens with zero attached hydrogens (tertiary/aromatic N) is 21. The Morgan fingerprint density at radius 3 is 1.17 bits per heavy atom. The first kappa shape index (κ1) is 90.2. The average Bonchev–Trinajstić information content (AvgIpc) is 0.946. The number of imidazole rings is 4. The van der Waals surface area contributed by atoms with Crippen molar-refractivity contribution >= 4 is 137 Å². The zero-order valence-electron chi connectivity index (χ0n) is 68.3. The number of amides is 1. The fourth-order valence-electron chi connectivity index (χ4n) is 14.5. The first-order valence-electron chi connectivity index (χ1n) is 40.3. The number of carbonyl (C=O) groups excluding carboxylic acids is 1. The molecule has 642 valence electrons. The molecule has 4 aliphatic rings. The van der Waals surface area contributed by atoms with E-state index in [2.05, 4.69) is 189 Å². The fourth-order valence-corrected chi connectivity index (χ4v) is 16.9. The summed E-state index contributed by atoms with van der Waals surface area (Å²) >= 11 is 20.9. The number of benzene rings is 4. The summed E-state index contributed by atoms with van der Waals surface area (Å²) in [4.78, 5) is 94.4. The summed E-state index contributed by atoms with van der Waals surface area (Å²) in [6.45, 7) is 34.0. The van der Waals surface area contributed by atoms with Gasteiger partial charge in [0.2, 0.25) is 0 Å². The number of primary amides is 1. The predicted octanol–water partition coefficient (Wildman–Crippen LogP) is 20.2. The third-order valence-corrected chi connectivity index (χ3v) is 23.6. The van der Waals surface area contributed by atoms with Gasteiger partial charge in [-0.2, -0.15) is 13.1 Å². The minimum absolute atomic E-state index is 0. The number of anilines is 8. The molecule has 0 bridgehead atoms. The number of nitrogen functional groups attached to an aromatic ring is 1. The zero-order valence-corrected chi connectivity index (χ0v) is 73.1. The Balaban J connectivity index is 0.000000137. The average molecular weight is 1800 g/mol. The number of hydrogen-bond acceptors (Lipinski definition) is 26. The summed E-state index contributed by atoms with van der Waals surface area (Å²) < 4.78 is 12.5. The molecule has 4 fully saturated rings. The van der Waals surface area contributed by atoms with Crippen LogP contribution in [-0.4, -0.2) is 151 Å². The maximum absolute atomic E-state index is 11.9. The largest absolute Gasteiger partial charge is 0.389 e. The molecule has 4 unspecified atom stereocenters. The van der Waals surface area contributed by atoms with Crippen molar-refractivity contribution in [1.82, 2.24) is 98.2 Å². The summed E-state index contributed by atoms with van der Waals surface area (Å²) in [5.41, 5.74) is 22.6. The fraction of sp³-hybridized carbons (Fsp3) is 0.270. The minimum atomic E-state index is -0.627. The van der Waals surface area contributed by atoms with Crippen LogP contribution in [0.3, 0.4) is 0 Å². The van der Waals surface area contributed by atoms with Crippen LogP contribution in [0.15, 0.2) is 189 Å². The maximum atomic E-state index is 11.9. The molecule has 1 amide bonds.